The average molecular weight is 406 g/mol. The number of nitrogens with one attached hydrogen (secondary N) is 2. The topological polar surface area (TPSA) is 92.3 Å². The van der Waals surface area contributed by atoms with Crippen LogP contribution < -0.4 is 15.4 Å². The smallest absolute Gasteiger partial charge is 0.303 e. The highest BCUT2D eigenvalue weighted by molar-refractivity contribution is 5.88. The van der Waals surface area contributed by atoms with Crippen LogP contribution in [0.3, 0.4) is 0 Å². The molecule has 10 heteroatoms. The first-order valence-corrected chi connectivity index (χ1v) is 9.24. The van der Waals surface area contributed by atoms with E-state index in [1.54, 1.807) is 19.1 Å². The maximum atomic E-state index is 13.7. The second kappa shape index (κ2) is 8.24. The SMILES string of the molecule is CC(=O)Nc1cc(Nc2cc(C)nc(C(C)(F)F)n2)c(O[C@H]2CCN(C)C2)cn1. The van der Waals surface area contributed by atoms with Crippen molar-refractivity contribution in [3.05, 3.63) is 29.8 Å². The van der Waals surface area contributed by atoms with Crippen LogP contribution >= 0.6 is 0 Å². The molecule has 2 aromatic rings. The molecule has 156 valence electrons. The number of carbonyl (C=O) groups is 1. The average Bonchev–Trinajstić information content (AvgIpc) is 3.00. The molecular weight excluding hydrogens is 382 g/mol. The fraction of sp³-hybridized carbons (Fsp3) is 0.474. The molecule has 0 aromatic carbocycles. The number of ether oxygens (including phenoxy) is 1. The van der Waals surface area contributed by atoms with Crippen molar-refractivity contribution in [2.45, 2.75) is 39.2 Å². The number of aryl methyl sites for hydroxylation is 1. The molecule has 1 saturated heterocycles. The molecule has 0 radical (unpaired) electrons. The number of hydrogen-bond acceptors (Lipinski definition) is 7. The summed E-state index contributed by atoms with van der Waals surface area (Å²) in [5.41, 5.74) is 0.858. The highest BCUT2D eigenvalue weighted by Gasteiger charge is 2.29. The maximum absolute atomic E-state index is 13.7. The lowest BCUT2D eigenvalue weighted by Crippen LogP contribution is -2.22. The predicted octanol–water partition coefficient (Wildman–Crippen LogP) is 3.08. The van der Waals surface area contributed by atoms with Crippen LogP contribution in [0.4, 0.5) is 26.1 Å². The van der Waals surface area contributed by atoms with E-state index in [-0.39, 0.29) is 17.8 Å². The molecule has 1 fully saturated rings. The van der Waals surface area contributed by atoms with Crippen LogP contribution in [0.15, 0.2) is 18.3 Å². The van der Waals surface area contributed by atoms with E-state index < -0.39 is 11.7 Å². The Hall–Kier alpha value is -2.88. The Kier molecular flexibility index (Phi) is 5.92. The Labute approximate surface area is 167 Å². The Morgan fingerprint density at radius 3 is 2.69 bits per heavy atom. The zero-order valence-corrected chi connectivity index (χ0v) is 16.8. The first-order valence-electron chi connectivity index (χ1n) is 9.24. The second-order valence-corrected chi connectivity index (χ2v) is 7.27. The third kappa shape index (κ3) is 5.57. The zero-order valence-electron chi connectivity index (χ0n) is 16.8. The van der Waals surface area contributed by atoms with Gasteiger partial charge in [0.05, 0.1) is 11.9 Å². The van der Waals surface area contributed by atoms with Crippen molar-refractivity contribution in [2.75, 3.05) is 30.8 Å². The van der Waals surface area contributed by atoms with Crippen LogP contribution in [0.5, 0.6) is 5.75 Å². The lowest BCUT2D eigenvalue weighted by atomic mass is 10.3. The molecule has 1 aliphatic rings. The number of likely N-dealkylation sites (N-methyl/N-ethyl adjacent to an activating group) is 1. The minimum Gasteiger partial charge on any atom is -0.485 e. The molecule has 0 bridgehead atoms. The van der Waals surface area contributed by atoms with Gasteiger partial charge in [-0.2, -0.15) is 8.78 Å². The Bertz CT molecular complexity index is 903. The molecule has 2 N–H and O–H groups in total. The van der Waals surface area contributed by atoms with Crippen LogP contribution in [0.1, 0.15) is 31.8 Å². The number of aromatic nitrogens is 3. The number of hydrogen-bond donors (Lipinski definition) is 2. The van der Waals surface area contributed by atoms with Gasteiger partial charge in [-0.3, -0.25) is 4.79 Å². The number of carbonyl (C=O) groups excluding carboxylic acids is 1. The van der Waals surface area contributed by atoms with E-state index in [9.17, 15) is 13.6 Å². The number of halogens is 2. The lowest BCUT2D eigenvalue weighted by molar-refractivity contribution is -0.114. The standard InChI is InChI=1S/C19H24F2N6O2/c1-11-7-17(26-18(23-11)19(3,20)21)25-14-8-16(24-12(2)28)22-9-15(14)29-13-5-6-27(4)10-13/h7-9,13H,5-6,10H2,1-4H3,(H2,22,23,24,25,26,28)/t13-/m0/s1. The number of alkyl halides is 2. The molecule has 2 aromatic heterocycles. The molecule has 29 heavy (non-hydrogen) atoms. The minimum absolute atomic E-state index is 0.0170. The normalized spacial score (nSPS) is 17.2. The number of pyridine rings is 1. The first-order chi connectivity index (χ1) is 13.6. The molecule has 1 aliphatic heterocycles. The zero-order chi connectivity index (χ0) is 21.2. The fourth-order valence-corrected chi connectivity index (χ4v) is 3.02. The summed E-state index contributed by atoms with van der Waals surface area (Å²) in [4.78, 5) is 25.5. The van der Waals surface area contributed by atoms with Gasteiger partial charge in [-0.15, -0.1) is 0 Å². The van der Waals surface area contributed by atoms with E-state index in [4.69, 9.17) is 4.74 Å². The number of anilines is 3. The van der Waals surface area contributed by atoms with Gasteiger partial charge in [0.1, 0.15) is 17.7 Å². The molecular formula is C19H24F2N6O2. The van der Waals surface area contributed by atoms with Crippen molar-refractivity contribution >= 4 is 23.2 Å². The largest absolute Gasteiger partial charge is 0.485 e. The molecule has 0 spiro atoms. The maximum Gasteiger partial charge on any atom is 0.303 e. The first kappa shape index (κ1) is 20.8. The fourth-order valence-electron chi connectivity index (χ4n) is 3.02. The van der Waals surface area contributed by atoms with Crippen LogP contribution in [0, 0.1) is 6.92 Å². The second-order valence-electron chi connectivity index (χ2n) is 7.27. The van der Waals surface area contributed by atoms with E-state index in [0.29, 0.717) is 22.9 Å². The Morgan fingerprint density at radius 1 is 1.31 bits per heavy atom. The Morgan fingerprint density at radius 2 is 2.07 bits per heavy atom. The van der Waals surface area contributed by atoms with E-state index in [2.05, 4.69) is 30.5 Å². The number of amides is 1. The van der Waals surface area contributed by atoms with Crippen LogP contribution in [-0.2, 0) is 10.7 Å². The van der Waals surface area contributed by atoms with Crippen LogP contribution in [-0.4, -0.2) is 52.0 Å². The van der Waals surface area contributed by atoms with Gasteiger partial charge in [0.25, 0.3) is 0 Å². The summed E-state index contributed by atoms with van der Waals surface area (Å²) >= 11 is 0. The molecule has 0 saturated carbocycles. The van der Waals surface area contributed by atoms with Crippen molar-refractivity contribution in [3.63, 3.8) is 0 Å². The molecule has 3 rings (SSSR count). The molecule has 1 amide bonds. The summed E-state index contributed by atoms with van der Waals surface area (Å²) in [6.07, 6.45) is 2.34. The third-order valence-electron chi connectivity index (χ3n) is 4.32. The quantitative estimate of drug-likeness (QED) is 0.762. The van der Waals surface area contributed by atoms with E-state index >= 15 is 0 Å². The van der Waals surface area contributed by atoms with Gasteiger partial charge in [-0.25, -0.2) is 15.0 Å². The molecule has 1 atom stereocenters. The molecule has 3 heterocycles. The summed E-state index contributed by atoms with van der Waals surface area (Å²) < 4.78 is 33.5. The lowest BCUT2D eigenvalue weighted by Gasteiger charge is -2.19. The van der Waals surface area contributed by atoms with E-state index in [1.807, 2.05) is 7.05 Å². The van der Waals surface area contributed by atoms with Crippen molar-refractivity contribution in [1.29, 1.82) is 0 Å². The minimum atomic E-state index is -3.17. The van der Waals surface area contributed by atoms with Crippen LogP contribution in [0.25, 0.3) is 0 Å². The van der Waals surface area contributed by atoms with Gasteiger partial charge >= 0.3 is 5.92 Å². The van der Waals surface area contributed by atoms with E-state index in [1.165, 1.54) is 13.1 Å². The van der Waals surface area contributed by atoms with Gasteiger partial charge in [-0.1, -0.05) is 0 Å². The van der Waals surface area contributed by atoms with Crippen molar-refractivity contribution in [1.82, 2.24) is 19.9 Å². The van der Waals surface area contributed by atoms with Gasteiger partial charge in [0, 0.05) is 44.8 Å². The van der Waals surface area contributed by atoms with Crippen molar-refractivity contribution in [3.8, 4) is 5.75 Å². The summed E-state index contributed by atoms with van der Waals surface area (Å²) in [5, 5.41) is 5.61. The number of likely N-dealkylation sites (tertiary alicyclic amines) is 1. The van der Waals surface area contributed by atoms with Gasteiger partial charge in [-0.05, 0) is 20.4 Å². The van der Waals surface area contributed by atoms with Crippen molar-refractivity contribution < 1.29 is 18.3 Å². The van der Waals surface area contributed by atoms with Gasteiger partial charge in [0.15, 0.2) is 5.75 Å². The van der Waals surface area contributed by atoms with Gasteiger partial charge in [0.2, 0.25) is 11.7 Å². The highest BCUT2D eigenvalue weighted by Crippen LogP contribution is 2.32. The number of nitrogens with zero attached hydrogens (tertiary/aromatic N) is 4. The highest BCUT2D eigenvalue weighted by atomic mass is 19.3. The molecule has 0 unspecified atom stereocenters. The van der Waals surface area contributed by atoms with Crippen molar-refractivity contribution in [2.24, 2.45) is 0 Å². The summed E-state index contributed by atoms with van der Waals surface area (Å²) in [6.45, 7) is 5.43. The summed E-state index contributed by atoms with van der Waals surface area (Å²) in [6, 6.07) is 3.14. The summed E-state index contributed by atoms with van der Waals surface area (Å²) in [7, 11) is 2.01. The molecule has 8 nitrogen and oxygen atoms in total. The Balaban J connectivity index is 1.92. The molecule has 0 aliphatic carbocycles. The predicted molar refractivity (Wildman–Crippen MR) is 105 cm³/mol. The number of rotatable bonds is 6. The van der Waals surface area contributed by atoms with Gasteiger partial charge < -0.3 is 20.3 Å². The van der Waals surface area contributed by atoms with Crippen LogP contribution in [0.2, 0.25) is 0 Å². The monoisotopic (exact) mass is 406 g/mol. The third-order valence-corrected chi connectivity index (χ3v) is 4.32. The summed E-state index contributed by atoms with van der Waals surface area (Å²) in [5.74, 6) is -3.07. The van der Waals surface area contributed by atoms with E-state index in [0.717, 1.165) is 26.4 Å².